The fraction of sp³-hybridized carbons (Fsp3) is 0.396. The van der Waals surface area contributed by atoms with Gasteiger partial charge >= 0.3 is 0 Å². The molecule has 3 aromatic rings. The molecule has 3 aromatic carbocycles. The number of imide groups is 1. The maximum Gasteiger partial charge on any atom is 0.264 e. The molecule has 0 spiro atoms. The number of unbranched alkanes of at least 4 members (excludes halogenated alkanes) is 2. The average Bonchev–Trinajstić information content (AvgIpc) is 3.82. The van der Waals surface area contributed by atoms with Gasteiger partial charge in [-0.15, -0.1) is 0 Å². The first-order valence-corrected chi connectivity index (χ1v) is 26.9. The van der Waals surface area contributed by atoms with Crippen LogP contribution in [0.1, 0.15) is 95.8 Å². The lowest BCUT2D eigenvalue weighted by Gasteiger charge is -2.27. The van der Waals surface area contributed by atoms with E-state index in [1.54, 1.807) is 0 Å². The number of aryl methyl sites for hydroxylation is 1. The molecule has 0 atom stereocenters. The van der Waals surface area contributed by atoms with Gasteiger partial charge < -0.3 is 15.0 Å². The molecule has 16 heteroatoms. The molecule has 0 aromatic heterocycles. The highest BCUT2D eigenvalue weighted by Gasteiger charge is 2.44. The minimum Gasteiger partial charge on any atom is -0.457 e. The number of hydrogen-bond donors (Lipinski definition) is 3. The number of carbonyl (C=O) groups excluding carboxylic acids is 3. The van der Waals surface area contributed by atoms with Crippen LogP contribution in [-0.2, 0) is 51.9 Å². The smallest absolute Gasteiger partial charge is 0.264 e. The number of nitrogens with zero attached hydrogens (tertiary/aromatic N) is 3. The van der Waals surface area contributed by atoms with E-state index in [1.807, 2.05) is 48.5 Å². The summed E-state index contributed by atoms with van der Waals surface area (Å²) < 4.78 is 74.2. The predicted molar refractivity (Wildman–Crippen MR) is 268 cm³/mol. The van der Waals surface area contributed by atoms with Crippen LogP contribution < -0.4 is 15.0 Å². The van der Waals surface area contributed by atoms with Gasteiger partial charge in [0, 0.05) is 79.1 Å². The molecule has 69 heavy (non-hydrogen) atoms. The van der Waals surface area contributed by atoms with Crippen molar-refractivity contribution in [2.24, 2.45) is 0 Å². The van der Waals surface area contributed by atoms with Crippen LogP contribution in [-0.4, -0.2) is 96.5 Å². The highest BCUT2D eigenvalue weighted by Crippen LogP contribution is 2.48. The molecular formula is C53H63N4O10S2+. The van der Waals surface area contributed by atoms with Gasteiger partial charge in [0.15, 0.2) is 5.71 Å². The molecule has 366 valence electrons. The molecule has 3 aliphatic heterocycles. The number of rotatable bonds is 21. The van der Waals surface area contributed by atoms with Crippen LogP contribution in [0, 0.1) is 0 Å². The number of anilines is 1. The first-order chi connectivity index (χ1) is 32.7. The minimum atomic E-state index is -4.08. The third-order valence-electron chi connectivity index (χ3n) is 13.4. The molecule has 0 fully saturated rings. The Hall–Kier alpha value is -5.94. The van der Waals surface area contributed by atoms with Crippen molar-refractivity contribution < 1.29 is 49.6 Å². The van der Waals surface area contributed by atoms with Crippen molar-refractivity contribution in [3.63, 3.8) is 0 Å². The summed E-state index contributed by atoms with van der Waals surface area (Å²) in [7, 11) is -8.15. The molecule has 0 saturated carbocycles. The second kappa shape index (κ2) is 21.4. The number of carbonyl (C=O) groups is 3. The standard InChI is InChI=1S/C53H62N4O10S2/c1-52(2)42-16-5-7-18-44(42)55(33-9-11-36-68(61,62)63)46(52)27-23-39-14-13-15-40(24-28-47-53(3,4)43-17-6-8-19-45(43)56(47)34-10-12-37-69(64,65)66)51(39)67-41-25-20-38(21-26-41)22-29-48(58)54-32-35-57-49(59)30-31-50(57)60/h5-8,16-21,23-28,30-31H,9-15,22,29,32-37H2,1-4H3,(H2-,54,58,61,62,63,64,65,66)/p+1. The molecule has 1 aliphatic carbocycles. The van der Waals surface area contributed by atoms with E-state index in [-0.39, 0.29) is 59.6 Å². The summed E-state index contributed by atoms with van der Waals surface area (Å²) in [6.07, 6.45) is 15.8. The summed E-state index contributed by atoms with van der Waals surface area (Å²) in [5.41, 5.74) is 8.73. The number of para-hydroxylation sites is 2. The van der Waals surface area contributed by atoms with Crippen molar-refractivity contribution in [2.45, 2.75) is 96.3 Å². The average molecular weight is 980 g/mol. The number of amides is 3. The van der Waals surface area contributed by atoms with Gasteiger partial charge in [-0.1, -0.05) is 68.5 Å². The second-order valence-electron chi connectivity index (χ2n) is 19.0. The number of fused-ring (bicyclic) bond motifs is 2. The quantitative estimate of drug-likeness (QED) is 0.0405. The van der Waals surface area contributed by atoms with Crippen LogP contribution in [0.2, 0.25) is 0 Å². The van der Waals surface area contributed by atoms with Crippen LogP contribution in [0.15, 0.2) is 132 Å². The highest BCUT2D eigenvalue weighted by atomic mass is 32.2. The Kier molecular flexibility index (Phi) is 15.8. The summed E-state index contributed by atoms with van der Waals surface area (Å²) in [5.74, 6) is -0.216. The first kappa shape index (κ1) is 50.9. The van der Waals surface area contributed by atoms with Gasteiger partial charge in [-0.3, -0.25) is 28.4 Å². The molecule has 3 heterocycles. The molecule has 3 N–H and O–H groups in total. The maximum atomic E-state index is 12.7. The summed E-state index contributed by atoms with van der Waals surface area (Å²) in [5, 5.41) is 2.79. The number of ether oxygens (including phenoxy) is 1. The number of allylic oxidation sites excluding steroid dienone is 7. The van der Waals surface area contributed by atoms with Gasteiger partial charge in [0.25, 0.3) is 32.1 Å². The van der Waals surface area contributed by atoms with Gasteiger partial charge in [-0.05, 0) is 111 Å². The number of benzene rings is 3. The molecule has 0 saturated heterocycles. The third kappa shape index (κ3) is 12.5. The molecule has 7 rings (SSSR count). The zero-order valence-electron chi connectivity index (χ0n) is 39.8. The second-order valence-corrected chi connectivity index (χ2v) is 22.1. The van der Waals surface area contributed by atoms with E-state index in [9.17, 15) is 40.3 Å². The summed E-state index contributed by atoms with van der Waals surface area (Å²) >= 11 is 0. The Labute approximate surface area is 406 Å². The molecular weight excluding hydrogens is 917 g/mol. The summed E-state index contributed by atoms with van der Waals surface area (Å²) in [6, 6.07) is 24.1. The Morgan fingerprint density at radius 2 is 1.41 bits per heavy atom. The molecule has 14 nitrogen and oxygen atoms in total. The van der Waals surface area contributed by atoms with Gasteiger partial charge in [0.1, 0.15) is 18.1 Å². The van der Waals surface area contributed by atoms with Crippen molar-refractivity contribution >= 4 is 55.0 Å². The number of hydrogen-bond acceptors (Lipinski definition) is 9. The Morgan fingerprint density at radius 3 is 2.10 bits per heavy atom. The largest absolute Gasteiger partial charge is 0.457 e. The molecule has 3 amide bonds. The predicted octanol–water partition coefficient (Wildman–Crippen LogP) is 8.05. The topological polar surface area (TPSA) is 191 Å². The van der Waals surface area contributed by atoms with Crippen LogP contribution in [0.25, 0.3) is 0 Å². The maximum absolute atomic E-state index is 12.7. The van der Waals surface area contributed by atoms with Crippen LogP contribution in [0.5, 0.6) is 5.75 Å². The first-order valence-electron chi connectivity index (χ1n) is 23.6. The normalized spacial score (nSPS) is 18.9. The van der Waals surface area contributed by atoms with E-state index in [0.29, 0.717) is 50.9 Å². The third-order valence-corrected chi connectivity index (χ3v) is 15.0. The van der Waals surface area contributed by atoms with Gasteiger partial charge in [-0.25, -0.2) is 0 Å². The highest BCUT2D eigenvalue weighted by molar-refractivity contribution is 7.86. The van der Waals surface area contributed by atoms with Crippen molar-refractivity contribution in [3.05, 3.63) is 149 Å². The molecule has 0 radical (unpaired) electrons. The molecule has 4 aliphatic rings. The Balaban J connectivity index is 1.19. The summed E-state index contributed by atoms with van der Waals surface area (Å²) in [6.45, 7) is 10.1. The lowest BCUT2D eigenvalue weighted by molar-refractivity contribution is -0.438. The van der Waals surface area contributed by atoms with Crippen LogP contribution in [0.4, 0.5) is 11.4 Å². The fourth-order valence-corrected chi connectivity index (χ4v) is 10.9. The lowest BCUT2D eigenvalue weighted by atomic mass is 9.81. The Morgan fingerprint density at radius 1 is 0.754 bits per heavy atom. The van der Waals surface area contributed by atoms with Crippen molar-refractivity contribution in [1.82, 2.24) is 10.2 Å². The van der Waals surface area contributed by atoms with Crippen molar-refractivity contribution in [2.75, 3.05) is 42.6 Å². The van der Waals surface area contributed by atoms with Crippen molar-refractivity contribution in [3.8, 4) is 5.75 Å². The zero-order valence-corrected chi connectivity index (χ0v) is 41.5. The SMILES string of the molecule is CC1(C)C(/C=C/C2=C(Oc3ccc(CCC(=O)NCCN4C(=O)C=CC4=O)cc3)C(=C/C=C3/N(CCCCS(=O)(=O)O)c4ccccc4C3(C)C)/CCC2)=[N+](CCCCS(=O)(=O)O)c2ccccc21. The van der Waals surface area contributed by atoms with Crippen LogP contribution in [0.3, 0.4) is 0 Å². The fourth-order valence-electron chi connectivity index (χ4n) is 9.73. The van der Waals surface area contributed by atoms with Crippen molar-refractivity contribution in [1.29, 1.82) is 0 Å². The van der Waals surface area contributed by atoms with Gasteiger partial charge in [0.05, 0.1) is 16.9 Å². The monoisotopic (exact) mass is 979 g/mol. The Bertz CT molecular complexity index is 2870. The van der Waals surface area contributed by atoms with E-state index < -0.39 is 20.2 Å². The molecule has 0 bridgehead atoms. The van der Waals surface area contributed by atoms with E-state index in [0.717, 1.165) is 80.5 Å². The van der Waals surface area contributed by atoms with E-state index in [4.69, 9.17) is 4.74 Å². The minimum absolute atomic E-state index is 0.106. The summed E-state index contributed by atoms with van der Waals surface area (Å²) in [4.78, 5) is 39.7. The van der Waals surface area contributed by atoms with Gasteiger partial charge in [-0.2, -0.15) is 21.4 Å². The molecule has 0 unspecified atom stereocenters. The lowest BCUT2D eigenvalue weighted by Crippen LogP contribution is -2.38. The zero-order chi connectivity index (χ0) is 49.6. The van der Waals surface area contributed by atoms with E-state index in [2.05, 4.69) is 91.1 Å². The van der Waals surface area contributed by atoms with E-state index in [1.165, 1.54) is 12.2 Å². The van der Waals surface area contributed by atoms with E-state index >= 15 is 0 Å². The van der Waals surface area contributed by atoms with Gasteiger partial charge in [0.2, 0.25) is 11.6 Å². The number of nitrogens with one attached hydrogen (secondary N) is 1. The van der Waals surface area contributed by atoms with Crippen LogP contribution >= 0.6 is 0 Å².